The van der Waals surface area contributed by atoms with E-state index in [4.69, 9.17) is 5.26 Å². The monoisotopic (exact) mass is 319 g/mol. The summed E-state index contributed by atoms with van der Waals surface area (Å²) in [6.07, 6.45) is 1.67. The highest BCUT2D eigenvalue weighted by Crippen LogP contribution is 2.21. The molecule has 0 radical (unpaired) electrons. The molecule has 1 heterocycles. The molecule has 0 saturated heterocycles. The smallest absolute Gasteiger partial charge is 0.237 e. The molecule has 22 heavy (non-hydrogen) atoms. The Morgan fingerprint density at radius 3 is 2.91 bits per heavy atom. The zero-order valence-electron chi connectivity index (χ0n) is 11.9. The molecule has 0 aliphatic rings. The minimum Gasteiger partial charge on any atom is -0.312 e. The van der Waals surface area contributed by atoms with Gasteiger partial charge in [0.15, 0.2) is 5.16 Å². The van der Waals surface area contributed by atoms with Crippen LogP contribution in [0, 0.1) is 17.1 Å². The fraction of sp³-hybridized carbons (Fsp3) is 0.286. The number of anilines is 1. The lowest BCUT2D eigenvalue weighted by molar-refractivity contribution is -0.116. The number of halogens is 1. The number of aromatic nitrogens is 3. The molecule has 114 valence electrons. The van der Waals surface area contributed by atoms with E-state index in [-0.39, 0.29) is 30.3 Å². The molecule has 0 spiro atoms. The molecule has 2 rings (SSSR count). The van der Waals surface area contributed by atoms with E-state index in [1.807, 2.05) is 6.07 Å². The maximum Gasteiger partial charge on any atom is 0.237 e. The van der Waals surface area contributed by atoms with Gasteiger partial charge in [0.05, 0.1) is 23.9 Å². The van der Waals surface area contributed by atoms with Crippen molar-refractivity contribution in [1.29, 1.82) is 5.26 Å². The van der Waals surface area contributed by atoms with E-state index < -0.39 is 5.82 Å². The lowest BCUT2D eigenvalue weighted by Crippen LogP contribution is -2.34. The average Bonchev–Trinajstić information content (AvgIpc) is 2.92. The van der Waals surface area contributed by atoms with Crippen molar-refractivity contribution in [2.45, 2.75) is 11.6 Å². The van der Waals surface area contributed by atoms with Crippen LogP contribution in [0.4, 0.5) is 10.1 Å². The maximum atomic E-state index is 13.9. The Bertz CT molecular complexity index is 697. The van der Waals surface area contributed by atoms with Gasteiger partial charge in [0.25, 0.3) is 0 Å². The van der Waals surface area contributed by atoms with Gasteiger partial charge in [-0.3, -0.25) is 4.79 Å². The van der Waals surface area contributed by atoms with Gasteiger partial charge in [-0.25, -0.2) is 4.39 Å². The molecular formula is C14H14FN5OS. The quantitative estimate of drug-likeness (QED) is 0.761. The van der Waals surface area contributed by atoms with Crippen molar-refractivity contribution < 1.29 is 9.18 Å². The van der Waals surface area contributed by atoms with Crippen LogP contribution in [0.2, 0.25) is 0 Å². The van der Waals surface area contributed by atoms with E-state index in [9.17, 15) is 9.18 Å². The molecule has 0 aliphatic carbocycles. The second-order valence-corrected chi connectivity index (χ2v) is 5.36. The van der Waals surface area contributed by atoms with Crippen LogP contribution in [0.1, 0.15) is 6.42 Å². The van der Waals surface area contributed by atoms with Crippen LogP contribution in [0.3, 0.4) is 0 Å². The van der Waals surface area contributed by atoms with E-state index in [2.05, 4.69) is 10.2 Å². The fourth-order valence-electron chi connectivity index (χ4n) is 1.82. The summed E-state index contributed by atoms with van der Waals surface area (Å²) in [4.78, 5) is 13.7. The van der Waals surface area contributed by atoms with Gasteiger partial charge < -0.3 is 9.47 Å². The number of nitrogens with zero attached hydrogens (tertiary/aromatic N) is 5. The van der Waals surface area contributed by atoms with Crippen LogP contribution in [0.15, 0.2) is 35.7 Å². The highest BCUT2D eigenvalue weighted by molar-refractivity contribution is 7.99. The van der Waals surface area contributed by atoms with Crippen molar-refractivity contribution in [1.82, 2.24) is 14.8 Å². The minimum atomic E-state index is -0.488. The highest BCUT2D eigenvalue weighted by Gasteiger charge is 2.19. The summed E-state index contributed by atoms with van der Waals surface area (Å²) in [7, 11) is 1.77. The van der Waals surface area contributed by atoms with E-state index in [0.717, 1.165) is 0 Å². The van der Waals surface area contributed by atoms with Gasteiger partial charge in [-0.15, -0.1) is 10.2 Å². The molecule has 0 fully saturated rings. The Morgan fingerprint density at radius 1 is 1.50 bits per heavy atom. The summed E-state index contributed by atoms with van der Waals surface area (Å²) in [5.41, 5.74) is 0.182. The minimum absolute atomic E-state index is 0.0896. The van der Waals surface area contributed by atoms with E-state index in [1.54, 1.807) is 23.7 Å². The van der Waals surface area contributed by atoms with Gasteiger partial charge in [0, 0.05) is 13.6 Å². The van der Waals surface area contributed by atoms with Gasteiger partial charge in [-0.05, 0) is 12.1 Å². The molecular weight excluding hydrogens is 305 g/mol. The first-order chi connectivity index (χ1) is 10.6. The molecule has 0 unspecified atom stereocenters. The number of hydrogen-bond donors (Lipinski definition) is 0. The largest absolute Gasteiger partial charge is 0.312 e. The first-order valence-electron chi connectivity index (χ1n) is 6.52. The number of nitriles is 1. The summed E-state index contributed by atoms with van der Waals surface area (Å²) in [5, 5.41) is 16.9. The molecule has 0 N–H and O–H groups in total. The first-order valence-corrected chi connectivity index (χ1v) is 7.50. The molecule has 6 nitrogen and oxygen atoms in total. The zero-order chi connectivity index (χ0) is 15.9. The first kappa shape index (κ1) is 16.0. The third kappa shape index (κ3) is 3.83. The number of aryl methyl sites for hydroxylation is 1. The van der Waals surface area contributed by atoms with Crippen molar-refractivity contribution in [2.75, 3.05) is 17.2 Å². The molecule has 8 heteroatoms. The summed E-state index contributed by atoms with van der Waals surface area (Å²) in [6, 6.07) is 8.00. The molecule has 1 aromatic heterocycles. The van der Waals surface area contributed by atoms with Gasteiger partial charge in [0.1, 0.15) is 12.1 Å². The van der Waals surface area contributed by atoms with Crippen LogP contribution in [0.5, 0.6) is 0 Å². The Hall–Kier alpha value is -2.40. The fourth-order valence-corrected chi connectivity index (χ4v) is 2.58. The summed E-state index contributed by atoms with van der Waals surface area (Å²) in [5.74, 6) is -0.683. The van der Waals surface area contributed by atoms with Crippen LogP contribution in [-0.4, -0.2) is 33.0 Å². The number of hydrogen-bond acceptors (Lipinski definition) is 5. The number of carbonyl (C=O) groups excluding carboxylic acids is 1. The van der Waals surface area contributed by atoms with Crippen LogP contribution in [-0.2, 0) is 11.8 Å². The predicted octanol–water partition coefficient (Wildman–Crippen LogP) is 1.99. The third-order valence-electron chi connectivity index (χ3n) is 2.89. The van der Waals surface area contributed by atoms with Crippen molar-refractivity contribution >= 4 is 23.4 Å². The lowest BCUT2D eigenvalue weighted by Gasteiger charge is -2.22. The number of amides is 1. The number of carbonyl (C=O) groups is 1. The second kappa shape index (κ2) is 7.56. The van der Waals surface area contributed by atoms with Gasteiger partial charge in [0.2, 0.25) is 5.91 Å². The van der Waals surface area contributed by atoms with Crippen LogP contribution < -0.4 is 4.90 Å². The van der Waals surface area contributed by atoms with Crippen LogP contribution in [0.25, 0.3) is 0 Å². The predicted molar refractivity (Wildman–Crippen MR) is 80.7 cm³/mol. The van der Waals surface area contributed by atoms with E-state index in [0.29, 0.717) is 5.16 Å². The molecule has 1 amide bonds. The number of rotatable bonds is 6. The Balaban J connectivity index is 2.11. The number of para-hydroxylation sites is 1. The van der Waals surface area contributed by atoms with Gasteiger partial charge >= 0.3 is 0 Å². The van der Waals surface area contributed by atoms with Crippen molar-refractivity contribution in [3.8, 4) is 6.07 Å². The SMILES string of the molecule is Cn1cnnc1SCC(=O)N(CCC#N)c1ccccc1F. The van der Waals surface area contributed by atoms with E-state index >= 15 is 0 Å². The third-order valence-corrected chi connectivity index (χ3v) is 3.91. The standard InChI is InChI=1S/C14H14FN5OS/c1-19-10-17-18-14(19)22-9-13(21)20(8-4-7-16)12-6-3-2-5-11(12)15/h2-3,5-6,10H,4,8-9H2,1H3. The maximum absolute atomic E-state index is 13.9. The molecule has 0 saturated carbocycles. The molecule has 0 aliphatic heterocycles. The molecule has 0 atom stereocenters. The number of benzene rings is 1. The summed E-state index contributed by atoms with van der Waals surface area (Å²) < 4.78 is 15.6. The highest BCUT2D eigenvalue weighted by atomic mass is 32.2. The number of thioether (sulfide) groups is 1. The normalized spacial score (nSPS) is 10.2. The summed E-state index contributed by atoms with van der Waals surface area (Å²) in [6.45, 7) is 0.148. The summed E-state index contributed by atoms with van der Waals surface area (Å²) >= 11 is 1.22. The molecule has 0 bridgehead atoms. The zero-order valence-corrected chi connectivity index (χ0v) is 12.8. The van der Waals surface area contributed by atoms with Crippen molar-refractivity contribution in [2.24, 2.45) is 7.05 Å². The van der Waals surface area contributed by atoms with Gasteiger partial charge in [-0.2, -0.15) is 5.26 Å². The van der Waals surface area contributed by atoms with Crippen LogP contribution >= 0.6 is 11.8 Å². The van der Waals surface area contributed by atoms with Gasteiger partial charge in [-0.1, -0.05) is 23.9 Å². The molecule has 2 aromatic rings. The molecule has 1 aromatic carbocycles. The Kier molecular flexibility index (Phi) is 5.49. The van der Waals surface area contributed by atoms with E-state index in [1.165, 1.54) is 35.1 Å². The van der Waals surface area contributed by atoms with Crippen molar-refractivity contribution in [3.63, 3.8) is 0 Å². The second-order valence-electron chi connectivity index (χ2n) is 4.42. The lowest BCUT2D eigenvalue weighted by atomic mass is 10.2. The topological polar surface area (TPSA) is 74.8 Å². The Morgan fingerprint density at radius 2 is 2.27 bits per heavy atom. The van der Waals surface area contributed by atoms with Crippen molar-refractivity contribution in [3.05, 3.63) is 36.4 Å². The Labute approximate surface area is 131 Å². The average molecular weight is 319 g/mol.